The number of ketones is 1. The normalized spacial score (nSPS) is 41.9. The molecule has 0 unspecified atom stereocenters. The number of carbonyl (C=O) groups is 3. The fourth-order valence-corrected chi connectivity index (χ4v) is 11.1. The van der Waals surface area contributed by atoms with Crippen molar-refractivity contribution in [1.29, 1.82) is 0 Å². The molecule has 0 radical (unpaired) electrons. The molecule has 13 heteroatoms. The smallest absolute Gasteiger partial charge is 0.550 e. The molecule has 0 aromatic carbocycles. The molecule has 2 spiro atoms. The first kappa shape index (κ1) is 51.7. The molecule has 5 rings (SSSR count). The summed E-state index contributed by atoms with van der Waals surface area (Å²) in [5, 5.41) is 34.9. The van der Waals surface area contributed by atoms with Crippen LogP contribution in [0.1, 0.15) is 160 Å². The third-order valence-electron chi connectivity index (χ3n) is 15.4. The minimum atomic E-state index is -1.39. The molecule has 60 heavy (non-hydrogen) atoms. The van der Waals surface area contributed by atoms with Crippen molar-refractivity contribution in [2.75, 3.05) is 0 Å². The molecule has 4 fully saturated rings. The molecule has 4 saturated heterocycles. The van der Waals surface area contributed by atoms with E-state index in [1.54, 1.807) is 6.92 Å². The van der Waals surface area contributed by atoms with E-state index < -0.39 is 82.9 Å². The van der Waals surface area contributed by atoms with Gasteiger partial charge in [0, 0.05) is 48.4 Å². The number of aliphatic carboxylic acids is 1. The average molecular weight is 857 g/mol. The summed E-state index contributed by atoms with van der Waals surface area (Å²) in [5.74, 6) is -6.81. The van der Waals surface area contributed by atoms with Gasteiger partial charge >= 0.3 is 35.5 Å². The van der Waals surface area contributed by atoms with Gasteiger partial charge in [-0.05, 0) is 102 Å². The van der Waals surface area contributed by atoms with Crippen LogP contribution in [-0.4, -0.2) is 93.4 Å². The fraction of sp³-hybridized carbons (Fsp3) is 0.894. The van der Waals surface area contributed by atoms with Crippen LogP contribution >= 0.6 is 0 Å². The zero-order valence-electron chi connectivity index (χ0n) is 38.9. The van der Waals surface area contributed by atoms with Crippen LogP contribution in [0.25, 0.3) is 0 Å². The fourth-order valence-electron chi connectivity index (χ4n) is 11.1. The van der Waals surface area contributed by atoms with Crippen LogP contribution in [0.3, 0.4) is 0 Å². The second-order valence-corrected chi connectivity index (χ2v) is 19.5. The summed E-state index contributed by atoms with van der Waals surface area (Å²) in [7, 11) is 0. The second kappa shape index (κ2) is 20.9. The van der Waals surface area contributed by atoms with Gasteiger partial charge in [-0.3, -0.25) is 9.59 Å². The maximum atomic E-state index is 14.6. The van der Waals surface area contributed by atoms with Crippen molar-refractivity contribution >= 4 is 17.7 Å². The molecule has 5 heterocycles. The molecule has 0 aromatic rings. The number of carbonyl (C=O) groups excluding carboxylic acids is 3. The minimum Gasteiger partial charge on any atom is -0.550 e. The van der Waals surface area contributed by atoms with Gasteiger partial charge in [0.05, 0.1) is 47.8 Å². The van der Waals surface area contributed by atoms with Gasteiger partial charge in [-0.25, -0.2) is 0 Å². The Morgan fingerprint density at radius 2 is 1.58 bits per heavy atom. The van der Waals surface area contributed by atoms with E-state index in [1.165, 1.54) is 0 Å². The Kier molecular flexibility index (Phi) is 18.0. The van der Waals surface area contributed by atoms with Crippen LogP contribution in [-0.2, 0) is 42.8 Å². The van der Waals surface area contributed by atoms with Crippen molar-refractivity contribution in [2.45, 2.75) is 225 Å². The molecule has 2 N–H and O–H groups in total. The largest absolute Gasteiger partial charge is 1.00 e. The van der Waals surface area contributed by atoms with E-state index >= 15 is 0 Å². The zero-order valence-corrected chi connectivity index (χ0v) is 40.9. The van der Waals surface area contributed by atoms with Crippen molar-refractivity contribution in [2.24, 2.45) is 41.4 Å². The molecule has 0 aromatic heterocycles. The van der Waals surface area contributed by atoms with Crippen molar-refractivity contribution in [3.8, 4) is 0 Å². The van der Waals surface area contributed by atoms with E-state index in [9.17, 15) is 29.7 Å². The first-order chi connectivity index (χ1) is 27.7. The number of aliphatic hydroxyl groups is 2. The SMILES string of the molecule is CCCCC(=O)O[C@@H]1C=C[C@]2(O[C@H]([C@@H](CC)C(=O)[C@@H](C)[C@@H](O)[C@H](C)[C@@H]3O[C@@H]([C@@H](CC)C(=O)[O-])CC[C@@H]3C)[C@@H](C)C[C@H]2C)O[C@@]12CC[C@@](C)([C@H]1CC[C@](O)(CC)[C@H](C)O1)O2.[Na+]. The Bertz CT molecular complexity index is 1490. The van der Waals surface area contributed by atoms with Crippen molar-refractivity contribution in [1.82, 2.24) is 0 Å². The van der Waals surface area contributed by atoms with Crippen molar-refractivity contribution in [3.63, 3.8) is 0 Å². The quantitative estimate of drug-likeness (QED) is 0.132. The van der Waals surface area contributed by atoms with Crippen LogP contribution in [0.4, 0.5) is 0 Å². The first-order valence-corrected chi connectivity index (χ1v) is 23.2. The van der Waals surface area contributed by atoms with E-state index in [1.807, 2.05) is 60.6 Å². The van der Waals surface area contributed by atoms with Gasteiger partial charge in [0.15, 0.2) is 11.9 Å². The maximum absolute atomic E-state index is 14.6. The average Bonchev–Trinajstić information content (AvgIpc) is 3.54. The molecule has 18 atom stereocenters. The van der Waals surface area contributed by atoms with Crippen LogP contribution in [0, 0.1) is 41.4 Å². The number of rotatable bonds is 16. The van der Waals surface area contributed by atoms with Crippen LogP contribution in [0.5, 0.6) is 0 Å². The molecular weight excluding hydrogens is 779 g/mol. The Morgan fingerprint density at radius 1 is 0.900 bits per heavy atom. The summed E-state index contributed by atoms with van der Waals surface area (Å²) in [6.07, 6.45) is 7.14. The summed E-state index contributed by atoms with van der Waals surface area (Å²) < 4.78 is 40.4. The third kappa shape index (κ3) is 10.4. The number of hydrogen-bond donors (Lipinski definition) is 2. The molecule has 0 aliphatic carbocycles. The van der Waals surface area contributed by atoms with Gasteiger partial charge in [-0.1, -0.05) is 68.7 Å². The monoisotopic (exact) mass is 857 g/mol. The van der Waals surface area contributed by atoms with E-state index in [0.717, 1.165) is 12.8 Å². The van der Waals surface area contributed by atoms with Gasteiger partial charge in [0.2, 0.25) is 5.79 Å². The molecule has 5 aliphatic rings. The minimum absolute atomic E-state index is 0. The number of Topliss-reactive ketones (excluding diaryl/α,β-unsaturated/α-hetero) is 1. The predicted molar refractivity (Wildman–Crippen MR) is 219 cm³/mol. The number of aliphatic hydroxyl groups excluding tert-OH is 1. The Morgan fingerprint density at radius 3 is 2.18 bits per heavy atom. The molecule has 12 nitrogen and oxygen atoms in total. The molecule has 5 aliphatic heterocycles. The predicted octanol–water partition coefficient (Wildman–Crippen LogP) is 3.60. The topological polar surface area (TPSA) is 170 Å². The Labute approximate surface area is 382 Å². The number of unbranched alkanes of at least 4 members (excludes halogenated alkanes) is 1. The van der Waals surface area contributed by atoms with E-state index in [2.05, 4.69) is 20.8 Å². The summed E-state index contributed by atoms with van der Waals surface area (Å²) in [6, 6.07) is 0. The van der Waals surface area contributed by atoms with Gasteiger partial charge in [0.25, 0.3) is 0 Å². The summed E-state index contributed by atoms with van der Waals surface area (Å²) in [4.78, 5) is 39.7. The van der Waals surface area contributed by atoms with Crippen LogP contribution < -0.4 is 34.7 Å². The number of esters is 1. The number of hydrogen-bond acceptors (Lipinski definition) is 12. The standard InChI is InChI=1S/C47H78O12.Na/c1-12-16-17-38(48)56-37-21-23-46(59-47(37)25-24-44(11,58-47)36-20-22-45(53,15-4)32(10)54-36)29(7)26-28(6)42(57-46)34(14-3)40(50)30(8)39(49)31(9)41-27(5)18-19-35(55-41)33(13-2)43(51)52;/h21,23,27-37,39,41-42,49,53H,12-20,22,24-26H2,1-11H3,(H,51,52);/q;+1/p-1/t27-,28-,29+,30-,31-,32-,33+,34-,35+,36+,37+,39+,41+,42-,44-,45+,46-,47-;/m0./s1. The number of carboxylic acids is 1. The summed E-state index contributed by atoms with van der Waals surface area (Å²) >= 11 is 0. The summed E-state index contributed by atoms with van der Waals surface area (Å²) in [6.45, 7) is 21.6. The van der Waals surface area contributed by atoms with Crippen LogP contribution in [0.15, 0.2) is 12.2 Å². The number of ether oxygens (including phenoxy) is 6. The van der Waals surface area contributed by atoms with Gasteiger partial charge in [0.1, 0.15) is 5.78 Å². The molecule has 0 saturated carbocycles. The molecule has 338 valence electrons. The third-order valence-corrected chi connectivity index (χ3v) is 15.4. The van der Waals surface area contributed by atoms with Crippen LogP contribution in [0.2, 0.25) is 0 Å². The van der Waals surface area contributed by atoms with E-state index in [-0.39, 0.29) is 77.7 Å². The zero-order chi connectivity index (χ0) is 43.7. The molecule has 0 bridgehead atoms. The van der Waals surface area contributed by atoms with Gasteiger partial charge in [-0.2, -0.15) is 0 Å². The first-order valence-electron chi connectivity index (χ1n) is 23.2. The Balaban J connectivity index is 0.00000794. The number of carboxylic acid groups (broad SMARTS) is 1. The van der Waals surface area contributed by atoms with Gasteiger partial charge in [-0.15, -0.1) is 0 Å². The maximum Gasteiger partial charge on any atom is 1.00 e. The Hall–Kier alpha value is -0.930. The van der Waals surface area contributed by atoms with Gasteiger partial charge < -0.3 is 48.5 Å². The summed E-state index contributed by atoms with van der Waals surface area (Å²) in [5.41, 5.74) is -1.71. The van der Waals surface area contributed by atoms with Crippen molar-refractivity contribution < 1.29 is 87.7 Å². The molecular formula is C47H77NaO12. The van der Waals surface area contributed by atoms with Crippen molar-refractivity contribution in [3.05, 3.63) is 12.2 Å². The van der Waals surface area contributed by atoms with E-state index in [4.69, 9.17) is 28.4 Å². The van der Waals surface area contributed by atoms with E-state index in [0.29, 0.717) is 64.2 Å². The second-order valence-electron chi connectivity index (χ2n) is 19.5. The molecule has 0 amide bonds.